The van der Waals surface area contributed by atoms with Crippen molar-refractivity contribution in [1.82, 2.24) is 0 Å². The molecule has 0 aromatic heterocycles. The number of nitrogens with two attached hydrogens (primary N) is 1. The van der Waals surface area contributed by atoms with Crippen molar-refractivity contribution >= 4 is 18.0 Å². The molecule has 1 aliphatic rings. The zero-order valence-electron chi connectivity index (χ0n) is 3.29. The molecule has 0 fully saturated rings. The van der Waals surface area contributed by atoms with E-state index in [-0.39, 0.29) is 5.50 Å². The lowest BCUT2D eigenvalue weighted by atomic mass is 10.9. The second kappa shape index (κ2) is 1.62. The van der Waals surface area contributed by atoms with E-state index in [0.29, 0.717) is 0 Å². The second-order valence-corrected chi connectivity index (χ2v) is 2.21. The van der Waals surface area contributed by atoms with E-state index in [1.807, 2.05) is 6.21 Å². The van der Waals surface area contributed by atoms with Gasteiger partial charge >= 0.3 is 0 Å². The molecule has 0 amide bonds. The van der Waals surface area contributed by atoms with Crippen molar-refractivity contribution in [3.63, 3.8) is 0 Å². The molecule has 2 nitrogen and oxygen atoms in total. The molecule has 1 heterocycles. The Kier molecular flexibility index (Phi) is 1.12. The van der Waals surface area contributed by atoms with E-state index in [1.54, 1.807) is 11.8 Å². The van der Waals surface area contributed by atoms with Crippen LogP contribution in [0.1, 0.15) is 0 Å². The standard InChI is InChI=1S/C3H6N2S/c4-3-5-1-2-6-3/h1,3H,2,4H2. The van der Waals surface area contributed by atoms with Crippen LogP contribution in [0.25, 0.3) is 0 Å². The minimum atomic E-state index is 0.0324. The molecular weight excluding hydrogens is 96.1 g/mol. The smallest absolute Gasteiger partial charge is 0.144 e. The fourth-order valence-corrected chi connectivity index (χ4v) is 0.873. The summed E-state index contributed by atoms with van der Waals surface area (Å²) in [6.07, 6.45) is 1.84. The van der Waals surface area contributed by atoms with E-state index in [1.165, 1.54) is 0 Å². The van der Waals surface area contributed by atoms with Gasteiger partial charge in [0.25, 0.3) is 0 Å². The maximum absolute atomic E-state index is 5.30. The highest BCUT2D eigenvalue weighted by Gasteiger charge is 2.00. The third kappa shape index (κ3) is 0.725. The molecule has 0 saturated carbocycles. The largest absolute Gasteiger partial charge is 0.301 e. The first-order valence-electron chi connectivity index (χ1n) is 1.78. The van der Waals surface area contributed by atoms with E-state index in [2.05, 4.69) is 4.99 Å². The Bertz CT molecular complexity index is 71.2. The van der Waals surface area contributed by atoms with Gasteiger partial charge in [-0.1, -0.05) is 0 Å². The lowest BCUT2D eigenvalue weighted by Crippen LogP contribution is -2.07. The van der Waals surface area contributed by atoms with Crippen LogP contribution in [0.3, 0.4) is 0 Å². The van der Waals surface area contributed by atoms with Gasteiger partial charge in [-0.15, -0.1) is 11.8 Å². The lowest BCUT2D eigenvalue weighted by Gasteiger charge is -1.89. The Labute approximate surface area is 40.8 Å². The van der Waals surface area contributed by atoms with Crippen LogP contribution >= 0.6 is 11.8 Å². The highest BCUT2D eigenvalue weighted by atomic mass is 32.2. The van der Waals surface area contributed by atoms with Gasteiger partial charge in [-0.25, -0.2) is 0 Å². The molecule has 2 N–H and O–H groups in total. The van der Waals surface area contributed by atoms with Crippen LogP contribution in [0.2, 0.25) is 0 Å². The molecule has 34 valence electrons. The molecule has 0 aromatic rings. The molecule has 0 spiro atoms. The zero-order valence-corrected chi connectivity index (χ0v) is 4.11. The summed E-state index contributed by atoms with van der Waals surface area (Å²) >= 11 is 1.65. The van der Waals surface area contributed by atoms with Crippen molar-refractivity contribution in [2.45, 2.75) is 5.50 Å². The summed E-state index contributed by atoms with van der Waals surface area (Å²) < 4.78 is 0. The third-order valence-electron chi connectivity index (χ3n) is 0.594. The molecule has 1 atom stereocenters. The van der Waals surface area contributed by atoms with Crippen LogP contribution in [-0.2, 0) is 0 Å². The van der Waals surface area contributed by atoms with Crippen LogP contribution in [-0.4, -0.2) is 17.5 Å². The van der Waals surface area contributed by atoms with Crippen molar-refractivity contribution in [3.05, 3.63) is 0 Å². The van der Waals surface area contributed by atoms with Gasteiger partial charge in [0.1, 0.15) is 5.50 Å². The summed E-state index contributed by atoms with van der Waals surface area (Å²) in [5.74, 6) is 0.987. The zero-order chi connectivity index (χ0) is 4.41. The summed E-state index contributed by atoms with van der Waals surface area (Å²) in [5, 5.41) is 0. The predicted octanol–water partition coefficient (Wildman–Crippen LogP) is 0.0463. The van der Waals surface area contributed by atoms with Gasteiger partial charge in [-0.3, -0.25) is 4.99 Å². The molecule has 0 aliphatic carbocycles. The van der Waals surface area contributed by atoms with Crippen LogP contribution in [0.5, 0.6) is 0 Å². The predicted molar refractivity (Wildman–Crippen MR) is 28.9 cm³/mol. The average Bonchev–Trinajstić information content (AvgIpc) is 1.86. The first-order valence-corrected chi connectivity index (χ1v) is 2.83. The third-order valence-corrected chi connectivity index (χ3v) is 1.40. The molecule has 1 aliphatic heterocycles. The normalized spacial score (nSPS) is 31.8. The average molecular weight is 102 g/mol. The number of aliphatic imine (C=N–C) groups is 1. The number of rotatable bonds is 0. The summed E-state index contributed by atoms with van der Waals surface area (Å²) in [7, 11) is 0. The molecule has 3 heteroatoms. The van der Waals surface area contributed by atoms with Gasteiger partial charge in [-0.2, -0.15) is 0 Å². The minimum absolute atomic E-state index is 0.0324. The van der Waals surface area contributed by atoms with Gasteiger partial charge in [0, 0.05) is 12.0 Å². The van der Waals surface area contributed by atoms with E-state index in [9.17, 15) is 0 Å². The van der Waals surface area contributed by atoms with E-state index < -0.39 is 0 Å². The lowest BCUT2D eigenvalue weighted by molar-refractivity contribution is 1.01. The van der Waals surface area contributed by atoms with Crippen molar-refractivity contribution in [2.75, 3.05) is 5.75 Å². The second-order valence-electron chi connectivity index (χ2n) is 1.06. The number of thioether (sulfide) groups is 1. The van der Waals surface area contributed by atoms with Gasteiger partial charge in [0.05, 0.1) is 0 Å². The molecular formula is C3H6N2S. The maximum Gasteiger partial charge on any atom is 0.144 e. The topological polar surface area (TPSA) is 38.4 Å². The van der Waals surface area contributed by atoms with Gasteiger partial charge in [0.2, 0.25) is 0 Å². The van der Waals surface area contributed by atoms with Gasteiger partial charge in [0.15, 0.2) is 0 Å². The van der Waals surface area contributed by atoms with Crippen molar-refractivity contribution in [2.24, 2.45) is 10.7 Å². The van der Waals surface area contributed by atoms with Crippen molar-refractivity contribution in [3.8, 4) is 0 Å². The summed E-state index contributed by atoms with van der Waals surface area (Å²) in [4.78, 5) is 3.85. The van der Waals surface area contributed by atoms with Gasteiger partial charge < -0.3 is 5.73 Å². The van der Waals surface area contributed by atoms with Crippen LogP contribution < -0.4 is 5.73 Å². The summed E-state index contributed by atoms with van der Waals surface area (Å²) in [5.41, 5.74) is 5.33. The van der Waals surface area contributed by atoms with Crippen LogP contribution in [0, 0.1) is 0 Å². The SMILES string of the molecule is NC1N=CCS1. The fourth-order valence-electron chi connectivity index (χ4n) is 0.332. The van der Waals surface area contributed by atoms with E-state index >= 15 is 0 Å². The van der Waals surface area contributed by atoms with Gasteiger partial charge in [-0.05, 0) is 0 Å². The van der Waals surface area contributed by atoms with Crippen LogP contribution in [0.4, 0.5) is 0 Å². The first-order chi connectivity index (χ1) is 2.89. The summed E-state index contributed by atoms with van der Waals surface area (Å²) in [6, 6.07) is 0. The molecule has 1 rings (SSSR count). The Morgan fingerprint density at radius 1 is 2.00 bits per heavy atom. The fraction of sp³-hybridized carbons (Fsp3) is 0.667. The molecule has 0 saturated heterocycles. The van der Waals surface area contributed by atoms with E-state index in [4.69, 9.17) is 5.73 Å². The highest BCUT2D eigenvalue weighted by Crippen LogP contribution is 2.09. The first kappa shape index (κ1) is 4.15. The van der Waals surface area contributed by atoms with Crippen molar-refractivity contribution < 1.29 is 0 Å². The Hall–Kier alpha value is -0.0200. The summed E-state index contributed by atoms with van der Waals surface area (Å²) in [6.45, 7) is 0. The molecule has 0 radical (unpaired) electrons. The Morgan fingerprint density at radius 3 is 3.00 bits per heavy atom. The van der Waals surface area contributed by atoms with Crippen LogP contribution in [0.15, 0.2) is 4.99 Å². The number of hydrogen-bond acceptors (Lipinski definition) is 3. The number of nitrogens with zero attached hydrogens (tertiary/aromatic N) is 1. The Balaban J connectivity index is 2.38. The highest BCUT2D eigenvalue weighted by molar-refractivity contribution is 8.00. The maximum atomic E-state index is 5.30. The Morgan fingerprint density at radius 2 is 2.83 bits per heavy atom. The molecule has 1 unspecified atom stereocenters. The minimum Gasteiger partial charge on any atom is -0.301 e. The van der Waals surface area contributed by atoms with Crippen molar-refractivity contribution in [1.29, 1.82) is 0 Å². The monoisotopic (exact) mass is 102 g/mol. The molecule has 0 aromatic carbocycles. The quantitative estimate of drug-likeness (QED) is 0.469. The van der Waals surface area contributed by atoms with E-state index in [0.717, 1.165) is 5.75 Å². The molecule has 0 bridgehead atoms. The molecule has 6 heavy (non-hydrogen) atoms. The number of hydrogen-bond donors (Lipinski definition) is 1.